The lowest BCUT2D eigenvalue weighted by molar-refractivity contribution is -0.192. The normalized spacial score (nSPS) is 15.0. The van der Waals surface area contributed by atoms with E-state index in [9.17, 15) is 24.9 Å². The summed E-state index contributed by atoms with van der Waals surface area (Å²) in [5.74, 6) is -1.16. The summed E-state index contributed by atoms with van der Waals surface area (Å²) in [5.41, 5.74) is -4.65. The molecule has 0 amide bonds. The van der Waals surface area contributed by atoms with Gasteiger partial charge in [0.2, 0.25) is 0 Å². The van der Waals surface area contributed by atoms with Gasteiger partial charge in [-0.05, 0) is 51.4 Å². The first-order valence-corrected chi connectivity index (χ1v) is 16.1. The summed E-state index contributed by atoms with van der Waals surface area (Å²) in [6, 6.07) is 0. The molecule has 224 valence electrons. The van der Waals surface area contributed by atoms with E-state index < -0.39 is 29.4 Å². The van der Waals surface area contributed by atoms with Gasteiger partial charge in [0.1, 0.15) is 0 Å². The number of ketones is 2. The molecular formula is C33H62O5. The Hall–Kier alpha value is -1.04. The molecule has 0 fully saturated rings. The van der Waals surface area contributed by atoms with Crippen LogP contribution in [0.25, 0.3) is 0 Å². The Labute approximate surface area is 234 Å². The highest BCUT2D eigenvalue weighted by atomic mass is 16.4. The molecule has 0 spiro atoms. The molecule has 38 heavy (non-hydrogen) atoms. The van der Waals surface area contributed by atoms with Crippen molar-refractivity contribution in [3.63, 3.8) is 0 Å². The van der Waals surface area contributed by atoms with Crippen molar-refractivity contribution in [2.75, 3.05) is 6.61 Å². The number of carbonyl (C=O) groups is 2. The van der Waals surface area contributed by atoms with Crippen LogP contribution in [0.15, 0.2) is 12.2 Å². The first kappa shape index (κ1) is 37.0. The second-order valence-electron chi connectivity index (χ2n) is 11.3. The van der Waals surface area contributed by atoms with Gasteiger partial charge in [-0.25, -0.2) is 0 Å². The van der Waals surface area contributed by atoms with Gasteiger partial charge in [0.25, 0.3) is 0 Å². The van der Waals surface area contributed by atoms with Crippen molar-refractivity contribution >= 4 is 11.6 Å². The van der Waals surface area contributed by atoms with Crippen LogP contribution in [-0.2, 0) is 9.59 Å². The molecule has 5 heteroatoms. The number of unbranched alkanes of at least 4 members (excludes halogenated alkanes) is 16. The molecule has 2 unspecified atom stereocenters. The molecule has 0 aliphatic carbocycles. The SMILES string of the molecule is CCCCCCCCC=CCCCCCCCCC(O)(C(=O)CCCCCCC)C(O)(CO)C(=O)CCC. The summed E-state index contributed by atoms with van der Waals surface area (Å²) in [6.07, 6.45) is 26.1. The van der Waals surface area contributed by atoms with Crippen molar-refractivity contribution in [2.24, 2.45) is 0 Å². The van der Waals surface area contributed by atoms with Gasteiger partial charge in [0.15, 0.2) is 22.8 Å². The lowest BCUT2D eigenvalue weighted by Crippen LogP contribution is -2.65. The minimum Gasteiger partial charge on any atom is -0.393 e. The molecule has 0 saturated carbocycles. The zero-order chi connectivity index (χ0) is 28.5. The summed E-state index contributed by atoms with van der Waals surface area (Å²) >= 11 is 0. The summed E-state index contributed by atoms with van der Waals surface area (Å²) in [6.45, 7) is 5.24. The second kappa shape index (κ2) is 23.8. The third kappa shape index (κ3) is 14.9. The summed E-state index contributed by atoms with van der Waals surface area (Å²) in [4.78, 5) is 25.8. The average Bonchev–Trinajstić information content (AvgIpc) is 2.91. The Morgan fingerprint density at radius 2 is 0.947 bits per heavy atom. The summed E-state index contributed by atoms with van der Waals surface area (Å²) < 4.78 is 0. The molecule has 0 aromatic rings. The van der Waals surface area contributed by atoms with Crippen LogP contribution in [0.1, 0.15) is 168 Å². The predicted molar refractivity (Wildman–Crippen MR) is 159 cm³/mol. The maximum atomic E-state index is 13.1. The third-order valence-corrected chi connectivity index (χ3v) is 7.87. The fourth-order valence-electron chi connectivity index (χ4n) is 5.18. The highest BCUT2D eigenvalue weighted by molar-refractivity contribution is 5.99. The van der Waals surface area contributed by atoms with Crippen molar-refractivity contribution in [3.8, 4) is 0 Å². The minimum absolute atomic E-state index is 0.00842. The van der Waals surface area contributed by atoms with Gasteiger partial charge in [-0.1, -0.05) is 116 Å². The molecule has 0 rings (SSSR count). The number of hydrogen-bond donors (Lipinski definition) is 3. The van der Waals surface area contributed by atoms with E-state index in [-0.39, 0.29) is 19.3 Å². The maximum absolute atomic E-state index is 13.1. The third-order valence-electron chi connectivity index (χ3n) is 7.87. The van der Waals surface area contributed by atoms with Gasteiger partial charge in [-0.15, -0.1) is 0 Å². The van der Waals surface area contributed by atoms with Crippen molar-refractivity contribution in [2.45, 2.75) is 180 Å². The van der Waals surface area contributed by atoms with Crippen LogP contribution >= 0.6 is 0 Å². The summed E-state index contributed by atoms with van der Waals surface area (Å²) in [5, 5.41) is 32.5. The maximum Gasteiger partial charge on any atom is 0.181 e. The number of Topliss-reactive ketones (excluding diaryl/α,β-unsaturated/α-hetero) is 2. The van der Waals surface area contributed by atoms with Crippen molar-refractivity contribution in [1.29, 1.82) is 0 Å². The number of allylic oxidation sites excluding steroid dienone is 2. The minimum atomic E-state index is -2.43. The van der Waals surface area contributed by atoms with Crippen LogP contribution in [0.4, 0.5) is 0 Å². The summed E-state index contributed by atoms with van der Waals surface area (Å²) in [7, 11) is 0. The zero-order valence-electron chi connectivity index (χ0n) is 25.3. The monoisotopic (exact) mass is 538 g/mol. The van der Waals surface area contributed by atoms with E-state index in [0.717, 1.165) is 57.8 Å². The van der Waals surface area contributed by atoms with Crippen LogP contribution in [0.5, 0.6) is 0 Å². The van der Waals surface area contributed by atoms with Crippen LogP contribution < -0.4 is 0 Å². The molecule has 5 nitrogen and oxygen atoms in total. The molecule has 0 heterocycles. The first-order chi connectivity index (χ1) is 18.3. The van der Waals surface area contributed by atoms with Gasteiger partial charge >= 0.3 is 0 Å². The Balaban J connectivity index is 4.49. The van der Waals surface area contributed by atoms with Gasteiger partial charge in [-0.3, -0.25) is 9.59 Å². The standard InChI is InChI=1S/C33H62O5/c1-4-7-9-11-12-13-14-15-16-17-18-19-20-21-23-25-28-32(37,31(36)27-24-22-10-8-5-2)33(38,29-34)30(35)26-6-3/h15-16,34,37-38H,4-14,17-29H2,1-3H3. The lowest BCUT2D eigenvalue weighted by atomic mass is 9.72. The van der Waals surface area contributed by atoms with Gasteiger partial charge in [0.05, 0.1) is 6.61 Å². The molecule has 3 N–H and O–H groups in total. The molecule has 0 aliphatic heterocycles. The molecule has 0 saturated heterocycles. The van der Waals surface area contributed by atoms with Crippen LogP contribution in [0.3, 0.4) is 0 Å². The largest absolute Gasteiger partial charge is 0.393 e. The highest BCUT2D eigenvalue weighted by Crippen LogP contribution is 2.33. The molecule has 0 aliphatic rings. The average molecular weight is 539 g/mol. The molecule has 0 radical (unpaired) electrons. The molecule has 0 bridgehead atoms. The van der Waals surface area contributed by atoms with E-state index >= 15 is 0 Å². The lowest BCUT2D eigenvalue weighted by Gasteiger charge is -2.40. The van der Waals surface area contributed by atoms with E-state index in [1.807, 2.05) is 0 Å². The van der Waals surface area contributed by atoms with Crippen molar-refractivity contribution in [1.82, 2.24) is 0 Å². The molecule has 0 aromatic heterocycles. The smallest absolute Gasteiger partial charge is 0.181 e. The van der Waals surface area contributed by atoms with Crippen molar-refractivity contribution < 1.29 is 24.9 Å². The zero-order valence-corrected chi connectivity index (χ0v) is 25.3. The number of aliphatic hydroxyl groups is 3. The number of aliphatic hydroxyl groups excluding tert-OH is 1. The Bertz CT molecular complexity index is 617. The molecular weight excluding hydrogens is 476 g/mol. The van der Waals surface area contributed by atoms with Crippen LogP contribution in [0.2, 0.25) is 0 Å². The number of rotatable bonds is 28. The molecule has 0 aromatic carbocycles. The van der Waals surface area contributed by atoms with E-state index in [2.05, 4.69) is 26.0 Å². The first-order valence-electron chi connectivity index (χ1n) is 16.1. The Morgan fingerprint density at radius 3 is 1.42 bits per heavy atom. The quantitative estimate of drug-likeness (QED) is 0.0690. The van der Waals surface area contributed by atoms with Gasteiger partial charge in [0, 0.05) is 12.8 Å². The van der Waals surface area contributed by atoms with E-state index in [0.29, 0.717) is 19.3 Å². The van der Waals surface area contributed by atoms with Gasteiger partial charge in [-0.2, -0.15) is 0 Å². The fraction of sp³-hybridized carbons (Fsp3) is 0.879. The van der Waals surface area contributed by atoms with Crippen molar-refractivity contribution in [3.05, 3.63) is 12.2 Å². The van der Waals surface area contributed by atoms with Crippen LogP contribution in [-0.4, -0.2) is 44.7 Å². The Morgan fingerprint density at radius 1 is 0.526 bits per heavy atom. The topological polar surface area (TPSA) is 94.8 Å². The predicted octanol–water partition coefficient (Wildman–Crippen LogP) is 8.17. The van der Waals surface area contributed by atoms with E-state index in [4.69, 9.17) is 0 Å². The fourth-order valence-corrected chi connectivity index (χ4v) is 5.18. The van der Waals surface area contributed by atoms with E-state index in [1.165, 1.54) is 51.4 Å². The Kier molecular flexibility index (Phi) is 23.2. The number of hydrogen-bond acceptors (Lipinski definition) is 5. The second-order valence-corrected chi connectivity index (χ2v) is 11.3. The van der Waals surface area contributed by atoms with E-state index in [1.54, 1.807) is 6.92 Å². The van der Waals surface area contributed by atoms with Gasteiger partial charge < -0.3 is 15.3 Å². The number of carbonyl (C=O) groups excluding carboxylic acids is 2. The molecule has 2 atom stereocenters. The van der Waals surface area contributed by atoms with Crippen LogP contribution in [0, 0.1) is 0 Å². The highest BCUT2D eigenvalue weighted by Gasteiger charge is 2.57.